The van der Waals surface area contributed by atoms with Crippen molar-refractivity contribution < 1.29 is 0 Å². The molecule has 0 aromatic carbocycles. The molecule has 0 radical (unpaired) electrons. The van der Waals surface area contributed by atoms with E-state index in [-0.39, 0.29) is 0 Å². The highest BCUT2D eigenvalue weighted by atomic mass is 32.1. The minimum atomic E-state index is 0.522. The van der Waals surface area contributed by atoms with E-state index in [0.717, 1.165) is 12.0 Å². The third-order valence-corrected chi connectivity index (χ3v) is 4.79. The van der Waals surface area contributed by atoms with Crippen LogP contribution >= 0.6 is 11.3 Å². The highest BCUT2D eigenvalue weighted by molar-refractivity contribution is 7.12. The molecule has 1 N–H and O–H groups in total. The zero-order valence-electron chi connectivity index (χ0n) is 10.6. The topological polar surface area (TPSA) is 12.0 Å². The predicted octanol–water partition coefficient (Wildman–Crippen LogP) is 4.29. The van der Waals surface area contributed by atoms with E-state index < -0.39 is 0 Å². The Bertz CT molecular complexity index is 331. The molecule has 3 unspecified atom stereocenters. The lowest BCUT2D eigenvalue weighted by Crippen LogP contribution is -2.35. The molecule has 0 saturated heterocycles. The van der Waals surface area contributed by atoms with E-state index in [1.165, 1.54) is 35.4 Å². The molecule has 2 rings (SSSR count). The lowest BCUT2D eigenvalue weighted by Gasteiger charge is -2.29. The Morgan fingerprint density at radius 1 is 1.38 bits per heavy atom. The fourth-order valence-electron chi connectivity index (χ4n) is 2.71. The zero-order valence-corrected chi connectivity index (χ0v) is 11.4. The molecule has 0 aliphatic heterocycles. The number of rotatable bonds is 3. The summed E-state index contributed by atoms with van der Waals surface area (Å²) in [5.74, 6) is 0.906. The van der Waals surface area contributed by atoms with Crippen LogP contribution in [0.15, 0.2) is 12.1 Å². The van der Waals surface area contributed by atoms with Crippen LogP contribution in [0.4, 0.5) is 0 Å². The van der Waals surface area contributed by atoms with Crippen LogP contribution < -0.4 is 5.32 Å². The SMILES string of the molecule is Cc1ccc(C(C)NC2CCCC(C)C2)s1. The maximum atomic E-state index is 3.79. The van der Waals surface area contributed by atoms with Gasteiger partial charge in [0.1, 0.15) is 0 Å². The molecule has 0 amide bonds. The molecule has 1 fully saturated rings. The Hall–Kier alpha value is -0.340. The second kappa shape index (κ2) is 5.33. The number of hydrogen-bond acceptors (Lipinski definition) is 2. The van der Waals surface area contributed by atoms with Crippen LogP contribution in [-0.4, -0.2) is 6.04 Å². The van der Waals surface area contributed by atoms with Crippen LogP contribution in [0, 0.1) is 12.8 Å². The molecule has 1 aromatic heterocycles. The lowest BCUT2D eigenvalue weighted by atomic mass is 9.87. The van der Waals surface area contributed by atoms with E-state index >= 15 is 0 Å². The molecular formula is C14H23NS. The highest BCUT2D eigenvalue weighted by Crippen LogP contribution is 2.27. The zero-order chi connectivity index (χ0) is 11.5. The van der Waals surface area contributed by atoms with Crippen LogP contribution in [-0.2, 0) is 0 Å². The van der Waals surface area contributed by atoms with E-state index in [4.69, 9.17) is 0 Å². The number of hydrogen-bond donors (Lipinski definition) is 1. The van der Waals surface area contributed by atoms with Crippen LogP contribution in [0.5, 0.6) is 0 Å². The Morgan fingerprint density at radius 3 is 2.81 bits per heavy atom. The van der Waals surface area contributed by atoms with Crippen molar-refractivity contribution in [2.24, 2.45) is 5.92 Å². The molecule has 3 atom stereocenters. The van der Waals surface area contributed by atoms with Gasteiger partial charge in [-0.15, -0.1) is 11.3 Å². The van der Waals surface area contributed by atoms with E-state index in [9.17, 15) is 0 Å². The molecule has 0 bridgehead atoms. The van der Waals surface area contributed by atoms with Gasteiger partial charge >= 0.3 is 0 Å². The standard InChI is InChI=1S/C14H23NS/c1-10-5-4-6-13(9-10)15-12(3)14-8-7-11(2)16-14/h7-8,10,12-13,15H,4-6,9H2,1-3H3. The molecule has 2 heteroatoms. The van der Waals surface area contributed by atoms with E-state index in [2.05, 4.69) is 38.2 Å². The number of aryl methyl sites for hydroxylation is 1. The summed E-state index contributed by atoms with van der Waals surface area (Å²) < 4.78 is 0. The Kier molecular flexibility index (Phi) is 4.04. The van der Waals surface area contributed by atoms with Gasteiger partial charge in [-0.05, 0) is 44.7 Å². The number of nitrogens with one attached hydrogen (secondary N) is 1. The largest absolute Gasteiger partial charge is 0.307 e. The van der Waals surface area contributed by atoms with Gasteiger partial charge in [0, 0.05) is 21.8 Å². The summed E-state index contributed by atoms with van der Waals surface area (Å²) >= 11 is 1.92. The molecule has 1 heterocycles. The first-order chi connectivity index (χ1) is 7.65. The molecular weight excluding hydrogens is 214 g/mol. The normalized spacial score (nSPS) is 27.9. The van der Waals surface area contributed by atoms with Gasteiger partial charge in [-0.1, -0.05) is 19.8 Å². The summed E-state index contributed by atoms with van der Waals surface area (Å²) in [5, 5.41) is 3.79. The molecule has 90 valence electrons. The quantitative estimate of drug-likeness (QED) is 0.827. The van der Waals surface area contributed by atoms with Crippen molar-refractivity contribution in [3.8, 4) is 0 Å². The van der Waals surface area contributed by atoms with Crippen molar-refractivity contribution in [2.75, 3.05) is 0 Å². The summed E-state index contributed by atoms with van der Waals surface area (Å²) in [6, 6.07) is 5.75. The Balaban J connectivity index is 1.89. The third-order valence-electron chi connectivity index (χ3n) is 3.61. The first kappa shape index (κ1) is 12.1. The molecule has 1 saturated carbocycles. The van der Waals surface area contributed by atoms with Crippen molar-refractivity contribution in [2.45, 2.75) is 58.5 Å². The third kappa shape index (κ3) is 3.08. The molecule has 0 spiro atoms. The lowest BCUT2D eigenvalue weighted by molar-refractivity contribution is 0.286. The van der Waals surface area contributed by atoms with Gasteiger partial charge in [-0.2, -0.15) is 0 Å². The smallest absolute Gasteiger partial charge is 0.0388 e. The van der Waals surface area contributed by atoms with Gasteiger partial charge in [0.25, 0.3) is 0 Å². The Morgan fingerprint density at radius 2 is 2.19 bits per heavy atom. The average molecular weight is 237 g/mol. The van der Waals surface area contributed by atoms with Crippen LogP contribution in [0.3, 0.4) is 0 Å². The fourth-order valence-corrected chi connectivity index (χ4v) is 3.60. The second-order valence-electron chi connectivity index (χ2n) is 5.31. The van der Waals surface area contributed by atoms with E-state index in [1.807, 2.05) is 11.3 Å². The van der Waals surface area contributed by atoms with Gasteiger partial charge in [0.05, 0.1) is 0 Å². The van der Waals surface area contributed by atoms with Crippen LogP contribution in [0.2, 0.25) is 0 Å². The highest BCUT2D eigenvalue weighted by Gasteiger charge is 2.20. The summed E-state index contributed by atoms with van der Waals surface area (Å²) in [6.45, 7) is 6.86. The first-order valence-corrected chi connectivity index (χ1v) is 7.29. The van der Waals surface area contributed by atoms with Crippen LogP contribution in [0.25, 0.3) is 0 Å². The van der Waals surface area contributed by atoms with Crippen LogP contribution in [0.1, 0.15) is 55.3 Å². The summed E-state index contributed by atoms with van der Waals surface area (Å²) in [4.78, 5) is 2.90. The van der Waals surface area contributed by atoms with Gasteiger partial charge < -0.3 is 5.32 Å². The summed E-state index contributed by atoms with van der Waals surface area (Å²) in [5.41, 5.74) is 0. The van der Waals surface area contributed by atoms with Crippen molar-refractivity contribution >= 4 is 11.3 Å². The predicted molar refractivity (Wildman–Crippen MR) is 72.0 cm³/mol. The van der Waals surface area contributed by atoms with Crippen molar-refractivity contribution in [3.63, 3.8) is 0 Å². The minimum Gasteiger partial charge on any atom is -0.307 e. The minimum absolute atomic E-state index is 0.522. The van der Waals surface area contributed by atoms with E-state index in [1.54, 1.807) is 0 Å². The molecule has 1 nitrogen and oxygen atoms in total. The molecule has 1 aromatic rings. The summed E-state index contributed by atoms with van der Waals surface area (Å²) in [6.07, 6.45) is 5.54. The first-order valence-electron chi connectivity index (χ1n) is 6.47. The van der Waals surface area contributed by atoms with Gasteiger partial charge in [0.15, 0.2) is 0 Å². The fraction of sp³-hybridized carbons (Fsp3) is 0.714. The van der Waals surface area contributed by atoms with Gasteiger partial charge in [-0.25, -0.2) is 0 Å². The second-order valence-corrected chi connectivity index (χ2v) is 6.62. The maximum absolute atomic E-state index is 3.79. The number of thiophene rings is 1. The monoisotopic (exact) mass is 237 g/mol. The average Bonchev–Trinajstić information content (AvgIpc) is 2.65. The van der Waals surface area contributed by atoms with Gasteiger partial charge in [-0.3, -0.25) is 0 Å². The maximum Gasteiger partial charge on any atom is 0.0388 e. The van der Waals surface area contributed by atoms with Crippen molar-refractivity contribution in [1.82, 2.24) is 5.32 Å². The summed E-state index contributed by atoms with van der Waals surface area (Å²) in [7, 11) is 0. The van der Waals surface area contributed by atoms with E-state index in [0.29, 0.717) is 6.04 Å². The van der Waals surface area contributed by atoms with Crippen molar-refractivity contribution in [1.29, 1.82) is 0 Å². The molecule has 1 aliphatic rings. The van der Waals surface area contributed by atoms with Crippen molar-refractivity contribution in [3.05, 3.63) is 21.9 Å². The molecule has 16 heavy (non-hydrogen) atoms. The van der Waals surface area contributed by atoms with Gasteiger partial charge in [0.2, 0.25) is 0 Å². The Labute approximate surface area is 103 Å². The molecule has 1 aliphatic carbocycles.